The van der Waals surface area contributed by atoms with Crippen LogP contribution >= 0.6 is 0 Å². The van der Waals surface area contributed by atoms with Gasteiger partial charge in [-0.1, -0.05) is 37.1 Å². The van der Waals surface area contributed by atoms with Gasteiger partial charge in [0.25, 0.3) is 0 Å². The fraction of sp³-hybridized carbons (Fsp3) is 0.389. The lowest BCUT2D eigenvalue weighted by Crippen LogP contribution is -2.41. The molecule has 1 aliphatic rings. The van der Waals surface area contributed by atoms with Gasteiger partial charge in [-0.15, -0.1) is 0 Å². The number of carbonyl (C=O) groups excluding carboxylic acids is 2. The number of primary amides is 1. The number of fused-ring (bicyclic) bond motifs is 1. The Kier molecular flexibility index (Phi) is 4.55. The van der Waals surface area contributed by atoms with Gasteiger partial charge in [-0.25, -0.2) is 0 Å². The highest BCUT2D eigenvalue weighted by atomic mass is 16.2. The van der Waals surface area contributed by atoms with Crippen LogP contribution in [0.25, 0.3) is 10.9 Å². The van der Waals surface area contributed by atoms with Crippen molar-refractivity contribution in [1.82, 2.24) is 10.3 Å². The third-order valence-electron chi connectivity index (χ3n) is 4.57. The van der Waals surface area contributed by atoms with Crippen molar-refractivity contribution >= 4 is 22.7 Å². The summed E-state index contributed by atoms with van der Waals surface area (Å²) < 4.78 is 0. The number of aromatic nitrogens is 1. The molecule has 2 atom stereocenters. The Labute approximate surface area is 135 Å². The van der Waals surface area contributed by atoms with Gasteiger partial charge >= 0.3 is 0 Å². The number of nitrogens with two attached hydrogens (primary N) is 1. The van der Waals surface area contributed by atoms with Crippen LogP contribution in [0.3, 0.4) is 0 Å². The molecule has 0 radical (unpaired) electrons. The van der Waals surface area contributed by atoms with E-state index < -0.39 is 0 Å². The number of amides is 2. The zero-order chi connectivity index (χ0) is 16.2. The number of rotatable bonds is 4. The maximum absolute atomic E-state index is 12.4. The molecule has 0 unspecified atom stereocenters. The van der Waals surface area contributed by atoms with E-state index >= 15 is 0 Å². The van der Waals surface area contributed by atoms with Crippen molar-refractivity contribution in [2.45, 2.75) is 32.2 Å². The molecule has 23 heavy (non-hydrogen) atoms. The van der Waals surface area contributed by atoms with Gasteiger partial charge in [0, 0.05) is 17.2 Å². The van der Waals surface area contributed by atoms with Crippen molar-refractivity contribution in [3.8, 4) is 0 Å². The lowest BCUT2D eigenvalue weighted by Gasteiger charge is -2.28. The Morgan fingerprint density at radius 1 is 1.09 bits per heavy atom. The molecule has 5 nitrogen and oxygen atoms in total. The summed E-state index contributed by atoms with van der Waals surface area (Å²) in [5, 5.41) is 3.98. The molecule has 0 aliphatic heterocycles. The van der Waals surface area contributed by atoms with Crippen LogP contribution in [0, 0.1) is 11.8 Å². The average Bonchev–Trinajstić information content (AvgIpc) is 2.59. The lowest BCUT2D eigenvalue weighted by atomic mass is 9.78. The molecule has 2 amide bonds. The maximum Gasteiger partial charge on any atom is 0.224 e. The monoisotopic (exact) mass is 311 g/mol. The SMILES string of the molecule is NC(=O)[C@H]1CCCC[C@H]1C(=O)NCc1ccc2ccccc2n1. The lowest BCUT2D eigenvalue weighted by molar-refractivity contribution is -0.135. The molecule has 1 saturated carbocycles. The number of para-hydroxylation sites is 1. The molecule has 0 bridgehead atoms. The minimum Gasteiger partial charge on any atom is -0.369 e. The van der Waals surface area contributed by atoms with Crippen LogP contribution in [0.15, 0.2) is 36.4 Å². The first-order valence-corrected chi connectivity index (χ1v) is 8.07. The molecule has 1 aromatic carbocycles. The Hall–Kier alpha value is -2.43. The zero-order valence-corrected chi connectivity index (χ0v) is 13.0. The van der Waals surface area contributed by atoms with Crippen LogP contribution in [0.4, 0.5) is 0 Å². The molecule has 2 aromatic rings. The average molecular weight is 311 g/mol. The summed E-state index contributed by atoms with van der Waals surface area (Å²) in [5.74, 6) is -1.10. The van der Waals surface area contributed by atoms with Crippen LogP contribution in [0.5, 0.6) is 0 Å². The van der Waals surface area contributed by atoms with E-state index in [1.165, 1.54) is 0 Å². The molecule has 0 saturated heterocycles. The number of hydrogen-bond donors (Lipinski definition) is 2. The van der Waals surface area contributed by atoms with E-state index in [2.05, 4.69) is 10.3 Å². The molecular weight excluding hydrogens is 290 g/mol. The van der Waals surface area contributed by atoms with Crippen molar-refractivity contribution in [3.05, 3.63) is 42.1 Å². The van der Waals surface area contributed by atoms with Gasteiger partial charge in [0.2, 0.25) is 11.8 Å². The van der Waals surface area contributed by atoms with Crippen LogP contribution < -0.4 is 11.1 Å². The van der Waals surface area contributed by atoms with Gasteiger partial charge in [-0.2, -0.15) is 0 Å². The first-order valence-electron chi connectivity index (χ1n) is 8.07. The van der Waals surface area contributed by atoms with Gasteiger partial charge in [-0.05, 0) is 25.0 Å². The maximum atomic E-state index is 12.4. The molecule has 3 rings (SSSR count). The first kappa shape index (κ1) is 15.5. The minimum absolute atomic E-state index is 0.0940. The summed E-state index contributed by atoms with van der Waals surface area (Å²) in [7, 11) is 0. The summed E-state index contributed by atoms with van der Waals surface area (Å²) in [6.45, 7) is 0.367. The van der Waals surface area contributed by atoms with E-state index in [9.17, 15) is 9.59 Å². The van der Waals surface area contributed by atoms with E-state index in [0.29, 0.717) is 13.0 Å². The number of benzene rings is 1. The van der Waals surface area contributed by atoms with Crippen molar-refractivity contribution in [2.24, 2.45) is 17.6 Å². The first-order chi connectivity index (χ1) is 11.1. The second-order valence-electron chi connectivity index (χ2n) is 6.11. The third-order valence-corrected chi connectivity index (χ3v) is 4.57. The number of pyridine rings is 1. The number of nitrogens with zero attached hydrogens (tertiary/aromatic N) is 1. The Morgan fingerprint density at radius 3 is 2.61 bits per heavy atom. The quantitative estimate of drug-likeness (QED) is 0.907. The van der Waals surface area contributed by atoms with Crippen molar-refractivity contribution in [1.29, 1.82) is 0 Å². The van der Waals surface area contributed by atoms with Gasteiger partial charge in [0.05, 0.1) is 17.8 Å². The number of hydrogen-bond acceptors (Lipinski definition) is 3. The highest BCUT2D eigenvalue weighted by Crippen LogP contribution is 2.30. The summed E-state index contributed by atoms with van der Waals surface area (Å²) in [4.78, 5) is 28.5. The van der Waals surface area contributed by atoms with Crippen LogP contribution in [-0.2, 0) is 16.1 Å². The molecule has 1 aromatic heterocycles. The normalized spacial score (nSPS) is 21.0. The van der Waals surface area contributed by atoms with Gasteiger partial charge in [0.1, 0.15) is 0 Å². The minimum atomic E-state index is -0.367. The van der Waals surface area contributed by atoms with Crippen molar-refractivity contribution in [3.63, 3.8) is 0 Å². The predicted molar refractivity (Wildman–Crippen MR) is 88.2 cm³/mol. The fourth-order valence-electron chi connectivity index (χ4n) is 3.30. The van der Waals surface area contributed by atoms with E-state index in [1.807, 2.05) is 36.4 Å². The van der Waals surface area contributed by atoms with Gasteiger partial charge in [0.15, 0.2) is 0 Å². The molecule has 5 heteroatoms. The fourth-order valence-corrected chi connectivity index (χ4v) is 3.30. The molecule has 0 spiro atoms. The van der Waals surface area contributed by atoms with Crippen LogP contribution in [0.2, 0.25) is 0 Å². The molecule has 1 fully saturated rings. The van der Waals surface area contributed by atoms with Gasteiger partial charge in [-0.3, -0.25) is 14.6 Å². The second kappa shape index (κ2) is 6.77. The Morgan fingerprint density at radius 2 is 1.83 bits per heavy atom. The summed E-state index contributed by atoms with van der Waals surface area (Å²) in [5.41, 5.74) is 7.15. The van der Waals surface area contributed by atoms with E-state index in [-0.39, 0.29) is 23.7 Å². The molecule has 1 aliphatic carbocycles. The topological polar surface area (TPSA) is 85.1 Å². The highest BCUT2D eigenvalue weighted by Gasteiger charge is 2.34. The van der Waals surface area contributed by atoms with Crippen LogP contribution in [0.1, 0.15) is 31.4 Å². The third kappa shape index (κ3) is 3.50. The Bertz CT molecular complexity index is 729. The standard InChI is InChI=1S/C18H21N3O2/c19-17(22)14-6-2-3-7-15(14)18(23)20-11-13-10-9-12-5-1-4-8-16(12)21-13/h1,4-5,8-10,14-15H,2-3,6-7,11H2,(H2,19,22)(H,20,23)/t14-,15+/m0/s1. The highest BCUT2D eigenvalue weighted by molar-refractivity contribution is 5.87. The van der Waals surface area contributed by atoms with Crippen molar-refractivity contribution in [2.75, 3.05) is 0 Å². The van der Waals surface area contributed by atoms with Crippen LogP contribution in [-0.4, -0.2) is 16.8 Å². The van der Waals surface area contributed by atoms with E-state index in [0.717, 1.165) is 35.9 Å². The molecule has 120 valence electrons. The molecule has 3 N–H and O–H groups in total. The van der Waals surface area contributed by atoms with Crippen molar-refractivity contribution < 1.29 is 9.59 Å². The van der Waals surface area contributed by atoms with E-state index in [4.69, 9.17) is 5.73 Å². The molecular formula is C18H21N3O2. The van der Waals surface area contributed by atoms with E-state index in [1.54, 1.807) is 0 Å². The smallest absolute Gasteiger partial charge is 0.224 e. The van der Waals surface area contributed by atoms with Gasteiger partial charge < -0.3 is 11.1 Å². The largest absolute Gasteiger partial charge is 0.369 e. The number of carbonyl (C=O) groups is 2. The predicted octanol–water partition coefficient (Wildman–Crippen LogP) is 2.14. The summed E-state index contributed by atoms with van der Waals surface area (Å²) >= 11 is 0. The molecule has 1 heterocycles. The summed E-state index contributed by atoms with van der Waals surface area (Å²) in [6, 6.07) is 11.8. The second-order valence-corrected chi connectivity index (χ2v) is 6.11. The number of nitrogens with one attached hydrogen (secondary N) is 1. The summed E-state index contributed by atoms with van der Waals surface area (Å²) in [6.07, 6.45) is 3.37. The Balaban J connectivity index is 1.66. The zero-order valence-electron chi connectivity index (χ0n) is 13.0.